The van der Waals surface area contributed by atoms with Crippen molar-refractivity contribution in [2.24, 2.45) is 0 Å². The molecule has 0 aliphatic rings. The Balaban J connectivity index is 2.09. The first-order chi connectivity index (χ1) is 10.4. The zero-order valence-corrected chi connectivity index (χ0v) is 13.9. The molecular formula is C16H21N3O2S. The van der Waals surface area contributed by atoms with Crippen LogP contribution in [-0.2, 0) is 0 Å². The molecule has 0 radical (unpaired) electrons. The zero-order chi connectivity index (χ0) is 16.2. The van der Waals surface area contributed by atoms with Gasteiger partial charge in [-0.3, -0.25) is 0 Å². The molecule has 0 atom stereocenters. The highest BCUT2D eigenvalue weighted by atomic mass is 32.1. The number of likely N-dealkylation sites (N-methyl/N-ethyl adjacent to an activating group) is 1. The summed E-state index contributed by atoms with van der Waals surface area (Å²) in [5, 5.41) is 15.6. The van der Waals surface area contributed by atoms with Gasteiger partial charge in [0.15, 0.2) is 0 Å². The Kier molecular flexibility index (Phi) is 5.15. The topological polar surface area (TPSA) is 65.5 Å². The highest BCUT2D eigenvalue weighted by Crippen LogP contribution is 2.24. The molecule has 2 rings (SSSR count). The van der Waals surface area contributed by atoms with Gasteiger partial charge in [0.25, 0.3) is 0 Å². The standard InChI is InChI=1S/C16H21N3O2S/c1-4-19(11-16(2,3)21)15(20)18-13-7-5-6-12(10-13)14-17-8-9-22-14/h5-10,21H,4,11H2,1-3H3,(H,18,20). The number of thiazole rings is 1. The lowest BCUT2D eigenvalue weighted by Crippen LogP contribution is -2.44. The molecule has 0 unspecified atom stereocenters. The molecular weight excluding hydrogens is 298 g/mol. The molecule has 1 aromatic heterocycles. The van der Waals surface area contributed by atoms with Crippen molar-refractivity contribution in [2.75, 3.05) is 18.4 Å². The number of anilines is 1. The minimum atomic E-state index is -0.921. The summed E-state index contributed by atoms with van der Waals surface area (Å²) in [7, 11) is 0. The highest BCUT2D eigenvalue weighted by Gasteiger charge is 2.21. The largest absolute Gasteiger partial charge is 0.389 e. The highest BCUT2D eigenvalue weighted by molar-refractivity contribution is 7.13. The van der Waals surface area contributed by atoms with Gasteiger partial charge in [-0.2, -0.15) is 0 Å². The van der Waals surface area contributed by atoms with Crippen LogP contribution in [0.2, 0.25) is 0 Å². The van der Waals surface area contributed by atoms with E-state index in [1.54, 1.807) is 36.3 Å². The molecule has 1 aromatic carbocycles. The van der Waals surface area contributed by atoms with Gasteiger partial charge >= 0.3 is 6.03 Å². The Morgan fingerprint density at radius 2 is 2.23 bits per heavy atom. The van der Waals surface area contributed by atoms with Crippen LogP contribution in [0.4, 0.5) is 10.5 Å². The molecule has 0 aliphatic carbocycles. The number of aliphatic hydroxyl groups is 1. The second-order valence-electron chi connectivity index (χ2n) is 5.67. The minimum Gasteiger partial charge on any atom is -0.389 e. The van der Waals surface area contributed by atoms with E-state index in [4.69, 9.17) is 0 Å². The lowest BCUT2D eigenvalue weighted by atomic mass is 10.1. The molecule has 0 spiro atoms. The fourth-order valence-corrected chi connectivity index (χ4v) is 2.73. The van der Waals surface area contributed by atoms with Gasteiger partial charge in [-0.25, -0.2) is 9.78 Å². The van der Waals surface area contributed by atoms with Gasteiger partial charge in [0.2, 0.25) is 0 Å². The molecule has 0 bridgehead atoms. The van der Waals surface area contributed by atoms with Crippen molar-refractivity contribution in [3.8, 4) is 10.6 Å². The SMILES string of the molecule is CCN(CC(C)(C)O)C(=O)Nc1cccc(-c2nccs2)c1. The second kappa shape index (κ2) is 6.89. The number of nitrogens with zero attached hydrogens (tertiary/aromatic N) is 2. The Bertz CT molecular complexity index is 621. The molecule has 0 saturated heterocycles. The number of amides is 2. The molecule has 0 saturated carbocycles. The number of hydrogen-bond donors (Lipinski definition) is 2. The van der Waals surface area contributed by atoms with Crippen LogP contribution in [0.5, 0.6) is 0 Å². The van der Waals surface area contributed by atoms with E-state index < -0.39 is 5.60 Å². The van der Waals surface area contributed by atoms with Gasteiger partial charge in [-0.1, -0.05) is 12.1 Å². The second-order valence-corrected chi connectivity index (χ2v) is 6.57. The summed E-state index contributed by atoms with van der Waals surface area (Å²) in [6.07, 6.45) is 1.76. The number of carbonyl (C=O) groups excluding carboxylic acids is 1. The van der Waals surface area contributed by atoms with Gasteiger partial charge in [-0.05, 0) is 32.9 Å². The van der Waals surface area contributed by atoms with Crippen LogP contribution in [0.1, 0.15) is 20.8 Å². The zero-order valence-electron chi connectivity index (χ0n) is 13.0. The number of nitrogens with one attached hydrogen (secondary N) is 1. The number of carbonyl (C=O) groups is 1. The number of urea groups is 1. The predicted molar refractivity (Wildman–Crippen MR) is 90.1 cm³/mol. The first-order valence-electron chi connectivity index (χ1n) is 7.17. The van der Waals surface area contributed by atoms with E-state index >= 15 is 0 Å². The third kappa shape index (κ3) is 4.54. The van der Waals surface area contributed by atoms with Crippen LogP contribution in [0.15, 0.2) is 35.8 Å². The lowest BCUT2D eigenvalue weighted by Gasteiger charge is -2.28. The molecule has 5 nitrogen and oxygen atoms in total. The maximum absolute atomic E-state index is 12.3. The lowest BCUT2D eigenvalue weighted by molar-refractivity contribution is 0.0501. The first-order valence-corrected chi connectivity index (χ1v) is 8.05. The quantitative estimate of drug-likeness (QED) is 0.887. The summed E-state index contributed by atoms with van der Waals surface area (Å²) in [6, 6.07) is 7.37. The normalized spacial score (nSPS) is 11.3. The maximum Gasteiger partial charge on any atom is 0.321 e. The van der Waals surface area contributed by atoms with E-state index in [1.807, 2.05) is 36.6 Å². The average molecular weight is 319 g/mol. The van der Waals surface area contributed by atoms with Crippen molar-refractivity contribution in [1.29, 1.82) is 0 Å². The molecule has 22 heavy (non-hydrogen) atoms. The van der Waals surface area contributed by atoms with Crippen LogP contribution in [-0.4, -0.2) is 39.7 Å². The molecule has 1 heterocycles. The fourth-order valence-electron chi connectivity index (χ4n) is 2.09. The molecule has 6 heteroatoms. The van der Waals surface area contributed by atoms with E-state index in [2.05, 4.69) is 10.3 Å². The summed E-state index contributed by atoms with van der Waals surface area (Å²) >= 11 is 1.55. The van der Waals surface area contributed by atoms with E-state index in [-0.39, 0.29) is 12.6 Å². The van der Waals surface area contributed by atoms with Crippen molar-refractivity contribution in [2.45, 2.75) is 26.4 Å². The summed E-state index contributed by atoms with van der Waals surface area (Å²) in [5.74, 6) is 0. The third-order valence-corrected chi connectivity index (χ3v) is 3.86. The first kappa shape index (κ1) is 16.5. The Labute approximate surface area is 134 Å². The third-order valence-electron chi connectivity index (χ3n) is 3.04. The molecule has 118 valence electrons. The molecule has 0 aliphatic heterocycles. The van der Waals surface area contributed by atoms with Gasteiger partial charge in [0, 0.05) is 29.4 Å². The number of aromatic nitrogens is 1. The van der Waals surface area contributed by atoms with E-state index in [9.17, 15) is 9.90 Å². The number of rotatable bonds is 5. The van der Waals surface area contributed by atoms with Crippen molar-refractivity contribution >= 4 is 23.1 Å². The summed E-state index contributed by atoms with van der Waals surface area (Å²) in [5.41, 5.74) is 0.765. The molecule has 2 amide bonds. The summed E-state index contributed by atoms with van der Waals surface area (Å²) in [4.78, 5) is 18.2. The molecule has 2 N–H and O–H groups in total. The summed E-state index contributed by atoms with van der Waals surface area (Å²) < 4.78 is 0. The fraction of sp³-hybridized carbons (Fsp3) is 0.375. The van der Waals surface area contributed by atoms with Gasteiger partial charge in [0.1, 0.15) is 5.01 Å². The Morgan fingerprint density at radius 1 is 1.45 bits per heavy atom. The van der Waals surface area contributed by atoms with E-state index in [0.29, 0.717) is 12.2 Å². The number of benzene rings is 1. The molecule has 2 aromatic rings. The average Bonchev–Trinajstić information content (AvgIpc) is 2.98. The van der Waals surface area contributed by atoms with E-state index in [1.165, 1.54) is 0 Å². The van der Waals surface area contributed by atoms with Crippen molar-refractivity contribution < 1.29 is 9.90 Å². The Hall–Kier alpha value is -1.92. The van der Waals surface area contributed by atoms with Gasteiger partial charge < -0.3 is 15.3 Å². The van der Waals surface area contributed by atoms with Crippen LogP contribution in [0.3, 0.4) is 0 Å². The van der Waals surface area contributed by atoms with Crippen LogP contribution >= 0.6 is 11.3 Å². The smallest absolute Gasteiger partial charge is 0.321 e. The maximum atomic E-state index is 12.3. The molecule has 0 fully saturated rings. The Morgan fingerprint density at radius 3 is 2.82 bits per heavy atom. The van der Waals surface area contributed by atoms with Crippen LogP contribution in [0.25, 0.3) is 10.6 Å². The van der Waals surface area contributed by atoms with Crippen LogP contribution < -0.4 is 5.32 Å². The van der Waals surface area contributed by atoms with Crippen molar-refractivity contribution in [3.05, 3.63) is 35.8 Å². The summed E-state index contributed by atoms with van der Waals surface area (Å²) in [6.45, 7) is 6.07. The van der Waals surface area contributed by atoms with Crippen molar-refractivity contribution in [3.63, 3.8) is 0 Å². The minimum absolute atomic E-state index is 0.221. The van der Waals surface area contributed by atoms with E-state index in [0.717, 1.165) is 10.6 Å². The van der Waals surface area contributed by atoms with Gasteiger partial charge in [-0.15, -0.1) is 11.3 Å². The van der Waals surface area contributed by atoms with Crippen molar-refractivity contribution in [1.82, 2.24) is 9.88 Å². The van der Waals surface area contributed by atoms with Crippen LogP contribution in [0, 0.1) is 0 Å². The monoisotopic (exact) mass is 319 g/mol. The van der Waals surface area contributed by atoms with Gasteiger partial charge in [0.05, 0.1) is 12.1 Å². The number of hydrogen-bond acceptors (Lipinski definition) is 4. The predicted octanol–water partition coefficient (Wildman–Crippen LogP) is 3.43.